The normalized spacial score (nSPS) is 15.1. The van der Waals surface area contributed by atoms with Crippen LogP contribution in [0.2, 0.25) is 0 Å². The number of ether oxygens (including phenoxy) is 2. The van der Waals surface area contributed by atoms with Crippen LogP contribution in [0.15, 0.2) is 54.6 Å². The lowest BCUT2D eigenvalue weighted by atomic mass is 10.1. The van der Waals surface area contributed by atoms with Gasteiger partial charge in [-0.05, 0) is 36.8 Å². The highest BCUT2D eigenvalue weighted by Gasteiger charge is 2.21. The molecule has 6 heteroatoms. The minimum absolute atomic E-state index is 0.0537. The summed E-state index contributed by atoms with van der Waals surface area (Å²) in [6, 6.07) is 16.2. The molecule has 0 spiro atoms. The minimum atomic E-state index is -0.606. The number of morpholine rings is 1. The molecule has 27 heavy (non-hydrogen) atoms. The van der Waals surface area contributed by atoms with Gasteiger partial charge in [-0.15, -0.1) is 0 Å². The SMILES string of the molecule is CC[C@H](Oc1ccccc1)C(=O)Nc1cccc(C(=O)N2CCOCC2)c1. The van der Waals surface area contributed by atoms with E-state index in [0.717, 1.165) is 0 Å². The molecule has 2 aromatic rings. The topological polar surface area (TPSA) is 67.9 Å². The van der Waals surface area contributed by atoms with E-state index >= 15 is 0 Å². The fourth-order valence-corrected chi connectivity index (χ4v) is 2.89. The van der Waals surface area contributed by atoms with Gasteiger partial charge in [-0.2, -0.15) is 0 Å². The van der Waals surface area contributed by atoms with Crippen molar-refractivity contribution in [2.75, 3.05) is 31.6 Å². The highest BCUT2D eigenvalue weighted by atomic mass is 16.5. The van der Waals surface area contributed by atoms with E-state index in [4.69, 9.17) is 9.47 Å². The van der Waals surface area contributed by atoms with E-state index in [1.54, 1.807) is 29.2 Å². The van der Waals surface area contributed by atoms with Gasteiger partial charge in [0.25, 0.3) is 11.8 Å². The number of rotatable bonds is 6. The Morgan fingerprint density at radius 2 is 1.85 bits per heavy atom. The van der Waals surface area contributed by atoms with Gasteiger partial charge in [0, 0.05) is 24.3 Å². The zero-order chi connectivity index (χ0) is 19.1. The second-order valence-corrected chi connectivity index (χ2v) is 6.30. The largest absolute Gasteiger partial charge is 0.481 e. The number of nitrogens with zero attached hydrogens (tertiary/aromatic N) is 1. The Morgan fingerprint density at radius 3 is 2.56 bits per heavy atom. The molecule has 1 heterocycles. The average Bonchev–Trinajstić information content (AvgIpc) is 2.73. The summed E-state index contributed by atoms with van der Waals surface area (Å²) in [7, 11) is 0. The molecule has 0 bridgehead atoms. The average molecular weight is 368 g/mol. The molecule has 0 aliphatic carbocycles. The van der Waals surface area contributed by atoms with E-state index in [1.807, 2.05) is 37.3 Å². The molecule has 1 fully saturated rings. The van der Waals surface area contributed by atoms with Crippen LogP contribution in [0, 0.1) is 0 Å². The third kappa shape index (κ3) is 5.08. The Morgan fingerprint density at radius 1 is 1.11 bits per heavy atom. The third-order valence-electron chi connectivity index (χ3n) is 4.36. The zero-order valence-corrected chi connectivity index (χ0v) is 15.4. The number of amides is 2. The molecule has 0 unspecified atom stereocenters. The van der Waals surface area contributed by atoms with Gasteiger partial charge in [-0.3, -0.25) is 9.59 Å². The van der Waals surface area contributed by atoms with Gasteiger partial charge in [0.2, 0.25) is 0 Å². The summed E-state index contributed by atoms with van der Waals surface area (Å²) < 4.78 is 11.1. The molecule has 1 aliphatic rings. The molecule has 0 aromatic heterocycles. The van der Waals surface area contributed by atoms with E-state index in [-0.39, 0.29) is 11.8 Å². The molecule has 1 atom stereocenters. The van der Waals surface area contributed by atoms with Gasteiger partial charge >= 0.3 is 0 Å². The molecular weight excluding hydrogens is 344 g/mol. The molecule has 3 rings (SSSR count). The standard InChI is InChI=1S/C21H24N2O4/c1-2-19(27-18-9-4-3-5-10-18)20(24)22-17-8-6-7-16(15-17)21(25)23-11-13-26-14-12-23/h3-10,15,19H,2,11-14H2,1H3,(H,22,24)/t19-/m0/s1. The Hall–Kier alpha value is -2.86. The van der Waals surface area contributed by atoms with E-state index in [9.17, 15) is 9.59 Å². The summed E-state index contributed by atoms with van der Waals surface area (Å²) in [6.07, 6.45) is -0.0707. The molecule has 0 radical (unpaired) electrons. The lowest BCUT2D eigenvalue weighted by Gasteiger charge is -2.27. The quantitative estimate of drug-likeness (QED) is 0.851. The molecule has 1 N–H and O–H groups in total. The molecular formula is C21H24N2O4. The van der Waals surface area contributed by atoms with Gasteiger partial charge in [-0.1, -0.05) is 31.2 Å². The molecule has 6 nitrogen and oxygen atoms in total. The maximum absolute atomic E-state index is 12.6. The van der Waals surface area contributed by atoms with Gasteiger partial charge in [0.05, 0.1) is 13.2 Å². The number of benzene rings is 2. The van der Waals surface area contributed by atoms with E-state index in [0.29, 0.717) is 49.7 Å². The highest BCUT2D eigenvalue weighted by molar-refractivity contribution is 5.98. The summed E-state index contributed by atoms with van der Waals surface area (Å²) in [5.41, 5.74) is 1.13. The van der Waals surface area contributed by atoms with Crippen LogP contribution in [0.1, 0.15) is 23.7 Å². The van der Waals surface area contributed by atoms with Crippen molar-refractivity contribution in [3.8, 4) is 5.75 Å². The molecule has 0 saturated carbocycles. The van der Waals surface area contributed by atoms with Crippen LogP contribution in [-0.4, -0.2) is 49.1 Å². The van der Waals surface area contributed by atoms with Crippen molar-refractivity contribution in [3.05, 3.63) is 60.2 Å². The fourth-order valence-electron chi connectivity index (χ4n) is 2.89. The smallest absolute Gasteiger partial charge is 0.265 e. The van der Waals surface area contributed by atoms with Crippen LogP contribution >= 0.6 is 0 Å². The second-order valence-electron chi connectivity index (χ2n) is 6.30. The predicted octanol–water partition coefficient (Wildman–Crippen LogP) is 2.96. The molecule has 142 valence electrons. The molecule has 2 amide bonds. The highest BCUT2D eigenvalue weighted by Crippen LogP contribution is 2.17. The second kappa shape index (κ2) is 9.19. The first-order chi connectivity index (χ1) is 13.2. The van der Waals surface area contributed by atoms with Crippen molar-refractivity contribution in [2.45, 2.75) is 19.4 Å². The summed E-state index contributed by atoms with van der Waals surface area (Å²) in [6.45, 7) is 4.16. The van der Waals surface area contributed by atoms with Crippen molar-refractivity contribution in [3.63, 3.8) is 0 Å². The van der Waals surface area contributed by atoms with Crippen LogP contribution in [0.3, 0.4) is 0 Å². The van der Waals surface area contributed by atoms with Crippen LogP contribution in [0.4, 0.5) is 5.69 Å². The number of para-hydroxylation sites is 1. The Labute approximate surface area is 159 Å². The Balaban J connectivity index is 1.65. The lowest BCUT2D eigenvalue weighted by molar-refractivity contribution is -0.122. The van der Waals surface area contributed by atoms with Gasteiger partial charge in [0.1, 0.15) is 5.75 Å². The van der Waals surface area contributed by atoms with Crippen molar-refractivity contribution < 1.29 is 19.1 Å². The van der Waals surface area contributed by atoms with E-state index < -0.39 is 6.10 Å². The summed E-state index contributed by atoms with van der Waals surface area (Å²) >= 11 is 0. The summed E-state index contributed by atoms with van der Waals surface area (Å²) in [4.78, 5) is 26.9. The van der Waals surface area contributed by atoms with Crippen LogP contribution in [0.5, 0.6) is 5.75 Å². The van der Waals surface area contributed by atoms with Crippen LogP contribution in [0.25, 0.3) is 0 Å². The molecule has 1 saturated heterocycles. The fraction of sp³-hybridized carbons (Fsp3) is 0.333. The number of carbonyl (C=O) groups excluding carboxylic acids is 2. The van der Waals surface area contributed by atoms with Crippen LogP contribution < -0.4 is 10.1 Å². The first kappa shape index (κ1) is 18.9. The first-order valence-electron chi connectivity index (χ1n) is 9.17. The maximum atomic E-state index is 12.6. The van der Waals surface area contributed by atoms with Crippen molar-refractivity contribution in [1.82, 2.24) is 4.90 Å². The molecule has 1 aliphatic heterocycles. The number of hydrogen-bond donors (Lipinski definition) is 1. The predicted molar refractivity (Wildman–Crippen MR) is 103 cm³/mol. The Kier molecular flexibility index (Phi) is 6.44. The van der Waals surface area contributed by atoms with Crippen molar-refractivity contribution >= 4 is 17.5 Å². The maximum Gasteiger partial charge on any atom is 0.265 e. The minimum Gasteiger partial charge on any atom is -0.481 e. The zero-order valence-electron chi connectivity index (χ0n) is 15.4. The summed E-state index contributed by atoms with van der Waals surface area (Å²) in [5, 5.41) is 2.85. The van der Waals surface area contributed by atoms with Gasteiger partial charge in [-0.25, -0.2) is 0 Å². The number of anilines is 1. The number of carbonyl (C=O) groups is 2. The third-order valence-corrected chi connectivity index (χ3v) is 4.36. The van der Waals surface area contributed by atoms with Crippen molar-refractivity contribution in [2.24, 2.45) is 0 Å². The van der Waals surface area contributed by atoms with Gasteiger partial charge in [0.15, 0.2) is 6.10 Å². The summed E-state index contributed by atoms with van der Waals surface area (Å²) in [5.74, 6) is 0.357. The van der Waals surface area contributed by atoms with Crippen molar-refractivity contribution in [1.29, 1.82) is 0 Å². The van der Waals surface area contributed by atoms with E-state index in [1.165, 1.54) is 0 Å². The van der Waals surface area contributed by atoms with E-state index in [2.05, 4.69) is 5.32 Å². The number of nitrogens with one attached hydrogen (secondary N) is 1. The Bertz CT molecular complexity index is 773. The molecule has 2 aromatic carbocycles. The van der Waals surface area contributed by atoms with Gasteiger partial charge < -0.3 is 19.7 Å². The van der Waals surface area contributed by atoms with Crippen LogP contribution in [-0.2, 0) is 9.53 Å². The number of hydrogen-bond acceptors (Lipinski definition) is 4. The monoisotopic (exact) mass is 368 g/mol. The first-order valence-corrected chi connectivity index (χ1v) is 9.17. The lowest BCUT2D eigenvalue weighted by Crippen LogP contribution is -2.40.